The van der Waals surface area contributed by atoms with Crippen LogP contribution in [0.25, 0.3) is 0 Å². The third kappa shape index (κ3) is 3.24. The molecule has 0 spiro atoms. The quantitative estimate of drug-likeness (QED) is 0.866. The second-order valence-corrected chi connectivity index (χ2v) is 8.65. The lowest BCUT2D eigenvalue weighted by Gasteiger charge is -2.32. The van der Waals surface area contributed by atoms with Gasteiger partial charge in [-0.25, -0.2) is 4.98 Å². The summed E-state index contributed by atoms with van der Waals surface area (Å²) in [6.45, 7) is 4.99. The highest BCUT2D eigenvalue weighted by Gasteiger charge is 2.41. The van der Waals surface area contributed by atoms with E-state index in [1.165, 1.54) is 12.8 Å². The van der Waals surface area contributed by atoms with Crippen molar-refractivity contribution in [3.05, 3.63) is 10.0 Å². The minimum Gasteiger partial charge on any atom is -0.390 e. The average molecular weight is 358 g/mol. The Balaban J connectivity index is 1.41. The molecular weight excluding hydrogens is 334 g/mol. The zero-order valence-corrected chi connectivity index (χ0v) is 14.8. The molecule has 3 heterocycles. The summed E-state index contributed by atoms with van der Waals surface area (Å²) < 4.78 is 0. The van der Waals surface area contributed by atoms with Crippen molar-refractivity contribution in [2.24, 2.45) is 11.8 Å². The molecule has 0 radical (unpaired) electrons. The van der Waals surface area contributed by atoms with Gasteiger partial charge in [-0.3, -0.25) is 4.90 Å². The van der Waals surface area contributed by atoms with Gasteiger partial charge in [0, 0.05) is 32.7 Å². The van der Waals surface area contributed by atoms with Crippen molar-refractivity contribution >= 4 is 28.1 Å². The maximum atomic E-state index is 9.87. The maximum Gasteiger partial charge on any atom is 0.187 e. The highest BCUT2D eigenvalue weighted by atomic mass is 35.5. The maximum absolute atomic E-state index is 9.87. The molecule has 0 bridgehead atoms. The van der Waals surface area contributed by atoms with E-state index in [4.69, 9.17) is 11.6 Å². The Kier molecular flexibility index (Phi) is 4.54. The molecule has 0 aromatic carbocycles. The number of aliphatic hydroxyl groups excluding tert-OH is 2. The molecule has 4 atom stereocenters. The number of hydrogen-bond acceptors (Lipinski definition) is 6. The first-order valence-corrected chi connectivity index (χ1v) is 9.78. The fourth-order valence-electron chi connectivity index (χ4n) is 4.30. The number of fused-ring (bicyclic) bond motifs is 1. The number of likely N-dealkylation sites (tertiary alicyclic amines) is 1. The summed E-state index contributed by atoms with van der Waals surface area (Å²) in [5.41, 5.74) is 0. The number of rotatable bonds is 3. The molecule has 5 nitrogen and oxygen atoms in total. The van der Waals surface area contributed by atoms with Crippen molar-refractivity contribution in [3.8, 4) is 0 Å². The highest BCUT2D eigenvalue weighted by Crippen LogP contribution is 2.39. The lowest BCUT2D eigenvalue weighted by atomic mass is 9.79. The fourth-order valence-corrected chi connectivity index (χ4v) is 5.65. The summed E-state index contributed by atoms with van der Waals surface area (Å²) >= 11 is 8.09. The van der Waals surface area contributed by atoms with Crippen molar-refractivity contribution in [1.29, 1.82) is 0 Å². The molecule has 3 fully saturated rings. The SMILES string of the molecule is O[C@H]1C[C@@H]2CN(Cc3sc(N4CCCC4)nc3Cl)C[C@@H]2C[C@@H]1O. The molecule has 0 unspecified atom stereocenters. The van der Waals surface area contributed by atoms with Crippen LogP contribution < -0.4 is 4.90 Å². The minimum atomic E-state index is -0.551. The van der Waals surface area contributed by atoms with Crippen LogP contribution in [0, 0.1) is 11.8 Å². The van der Waals surface area contributed by atoms with Gasteiger partial charge >= 0.3 is 0 Å². The standard InChI is InChI=1S/C16H24ClN3O2S/c17-15-14(23-16(18-15)20-3-1-2-4-20)9-19-7-10-5-12(21)13(22)6-11(10)8-19/h10-13,21-22H,1-9H2/t10-,11+,12-,13-/m0/s1. The average Bonchev–Trinajstić information content (AvgIpc) is 3.21. The second-order valence-electron chi connectivity index (χ2n) is 7.22. The Hall–Kier alpha value is -0.400. The van der Waals surface area contributed by atoms with Crippen LogP contribution in [0.15, 0.2) is 0 Å². The monoisotopic (exact) mass is 357 g/mol. The minimum absolute atomic E-state index is 0.498. The molecule has 1 aliphatic carbocycles. The molecule has 1 aromatic heterocycles. The van der Waals surface area contributed by atoms with E-state index in [0.717, 1.165) is 55.6 Å². The normalized spacial score (nSPS) is 35.0. The molecule has 128 valence electrons. The molecule has 23 heavy (non-hydrogen) atoms. The summed E-state index contributed by atoms with van der Waals surface area (Å²) in [7, 11) is 0. The number of halogens is 1. The molecular formula is C16H24ClN3O2S. The summed E-state index contributed by atoms with van der Waals surface area (Å²) in [6, 6.07) is 0. The molecule has 3 aliphatic rings. The Bertz CT molecular complexity index is 546. The zero-order valence-electron chi connectivity index (χ0n) is 13.2. The van der Waals surface area contributed by atoms with Gasteiger partial charge in [0.25, 0.3) is 0 Å². The fraction of sp³-hybridized carbons (Fsp3) is 0.812. The van der Waals surface area contributed by atoms with E-state index in [9.17, 15) is 10.2 Å². The largest absolute Gasteiger partial charge is 0.390 e. The third-order valence-corrected chi connectivity index (χ3v) is 7.09. The number of anilines is 1. The van der Waals surface area contributed by atoms with Crippen LogP contribution >= 0.6 is 22.9 Å². The third-order valence-electron chi connectivity index (χ3n) is 5.57. The Morgan fingerprint density at radius 2 is 1.70 bits per heavy atom. The van der Waals surface area contributed by atoms with Crippen LogP contribution in [-0.4, -0.2) is 58.5 Å². The van der Waals surface area contributed by atoms with Crippen molar-refractivity contribution in [2.45, 2.75) is 44.4 Å². The smallest absolute Gasteiger partial charge is 0.187 e. The molecule has 1 aromatic rings. The predicted octanol–water partition coefficient (Wildman–Crippen LogP) is 1.96. The van der Waals surface area contributed by atoms with Gasteiger partial charge < -0.3 is 15.1 Å². The highest BCUT2D eigenvalue weighted by molar-refractivity contribution is 7.16. The van der Waals surface area contributed by atoms with Gasteiger partial charge in [-0.1, -0.05) is 22.9 Å². The van der Waals surface area contributed by atoms with Crippen LogP contribution in [0.4, 0.5) is 5.13 Å². The Morgan fingerprint density at radius 3 is 2.30 bits per heavy atom. The summed E-state index contributed by atoms with van der Waals surface area (Å²) in [5.74, 6) is 0.997. The molecule has 0 amide bonds. The van der Waals surface area contributed by atoms with Crippen molar-refractivity contribution < 1.29 is 10.2 Å². The van der Waals surface area contributed by atoms with E-state index in [-0.39, 0.29) is 0 Å². The van der Waals surface area contributed by atoms with Crippen molar-refractivity contribution in [2.75, 3.05) is 31.1 Å². The van der Waals surface area contributed by atoms with Crippen LogP contribution in [0.3, 0.4) is 0 Å². The number of thiazole rings is 1. The van der Waals surface area contributed by atoms with Crippen molar-refractivity contribution in [1.82, 2.24) is 9.88 Å². The lowest BCUT2D eigenvalue weighted by molar-refractivity contribution is -0.0372. The lowest BCUT2D eigenvalue weighted by Crippen LogP contribution is -2.38. The van der Waals surface area contributed by atoms with Crippen molar-refractivity contribution in [3.63, 3.8) is 0 Å². The molecule has 1 saturated carbocycles. The van der Waals surface area contributed by atoms with Gasteiger partial charge in [0.1, 0.15) is 5.15 Å². The first-order chi connectivity index (χ1) is 11.1. The number of nitrogens with zero attached hydrogens (tertiary/aromatic N) is 3. The number of aromatic nitrogens is 1. The number of aliphatic hydroxyl groups is 2. The molecule has 2 saturated heterocycles. The summed E-state index contributed by atoms with van der Waals surface area (Å²) in [6.07, 6.45) is 2.82. The zero-order chi connectivity index (χ0) is 16.0. The van der Waals surface area contributed by atoms with Gasteiger partial charge in [0.2, 0.25) is 0 Å². The molecule has 2 N–H and O–H groups in total. The van der Waals surface area contributed by atoms with E-state index in [1.807, 2.05) is 0 Å². The summed E-state index contributed by atoms with van der Waals surface area (Å²) in [5, 5.41) is 21.4. The Labute approximate surface area is 145 Å². The van der Waals surface area contributed by atoms with Gasteiger partial charge in [0.05, 0.1) is 17.1 Å². The van der Waals surface area contributed by atoms with Gasteiger partial charge in [-0.05, 0) is 37.5 Å². The first kappa shape index (κ1) is 16.1. The molecule has 4 rings (SSSR count). The van der Waals surface area contributed by atoms with Gasteiger partial charge in [-0.2, -0.15) is 0 Å². The van der Waals surface area contributed by atoms with Crippen LogP contribution in [-0.2, 0) is 6.54 Å². The number of hydrogen-bond donors (Lipinski definition) is 2. The van der Waals surface area contributed by atoms with E-state index in [1.54, 1.807) is 11.3 Å². The predicted molar refractivity (Wildman–Crippen MR) is 92.1 cm³/mol. The molecule has 2 aliphatic heterocycles. The van der Waals surface area contributed by atoms with E-state index in [2.05, 4.69) is 14.8 Å². The van der Waals surface area contributed by atoms with Crippen LogP contribution in [0.5, 0.6) is 0 Å². The van der Waals surface area contributed by atoms with Crippen LogP contribution in [0.1, 0.15) is 30.6 Å². The Morgan fingerprint density at radius 1 is 1.09 bits per heavy atom. The summed E-state index contributed by atoms with van der Waals surface area (Å²) in [4.78, 5) is 10.4. The topological polar surface area (TPSA) is 59.8 Å². The molecule has 7 heteroatoms. The van der Waals surface area contributed by atoms with E-state index >= 15 is 0 Å². The second kappa shape index (κ2) is 6.48. The van der Waals surface area contributed by atoms with E-state index in [0.29, 0.717) is 17.0 Å². The van der Waals surface area contributed by atoms with Gasteiger partial charge in [-0.15, -0.1) is 0 Å². The van der Waals surface area contributed by atoms with Gasteiger partial charge in [0.15, 0.2) is 5.13 Å². The first-order valence-electron chi connectivity index (χ1n) is 8.59. The van der Waals surface area contributed by atoms with E-state index < -0.39 is 12.2 Å². The van der Waals surface area contributed by atoms with Crippen LogP contribution in [0.2, 0.25) is 5.15 Å².